The molecule has 0 bridgehead atoms. The molecule has 0 aliphatic carbocycles. The van der Waals surface area contributed by atoms with E-state index in [1.54, 1.807) is 11.1 Å². The molecule has 48 heavy (non-hydrogen) atoms. The van der Waals surface area contributed by atoms with Crippen molar-refractivity contribution < 1.29 is 4.57 Å². The van der Waals surface area contributed by atoms with Gasteiger partial charge in [-0.25, -0.2) is 4.57 Å². The number of hydrogen-bond donors (Lipinski definition) is 0. The first-order valence-corrected chi connectivity index (χ1v) is 22.8. The van der Waals surface area contributed by atoms with Gasteiger partial charge in [0.1, 0.15) is 6.54 Å². The van der Waals surface area contributed by atoms with E-state index >= 15 is 0 Å². The minimum absolute atomic E-state index is 1.22. The number of nitrogens with zero attached hydrogens (tertiary/aromatic N) is 1. The molecule has 1 rings (SSSR count). The van der Waals surface area contributed by atoms with Crippen molar-refractivity contribution in [2.75, 3.05) is 0 Å². The highest BCUT2D eigenvalue weighted by molar-refractivity contribution is 5.15. The van der Waals surface area contributed by atoms with Crippen molar-refractivity contribution in [3.63, 3.8) is 0 Å². The maximum atomic E-state index is 2.58. The van der Waals surface area contributed by atoms with Crippen LogP contribution in [0.1, 0.15) is 263 Å². The Morgan fingerprint density at radius 2 is 0.521 bits per heavy atom. The summed E-state index contributed by atoms with van der Waals surface area (Å²) in [6.45, 7) is 8.16. The van der Waals surface area contributed by atoms with Crippen LogP contribution in [-0.2, 0) is 19.4 Å². The summed E-state index contributed by atoms with van der Waals surface area (Å²) in [6.07, 6.45) is 59.3. The highest BCUT2D eigenvalue weighted by atomic mass is 14.9. The van der Waals surface area contributed by atoms with Gasteiger partial charge in [0, 0.05) is 17.5 Å². The summed E-state index contributed by atoms with van der Waals surface area (Å²) in [5.41, 5.74) is 3.22. The molecule has 0 aliphatic rings. The van der Waals surface area contributed by atoms with Gasteiger partial charge in [0.2, 0.25) is 0 Å². The number of pyridine rings is 1. The zero-order valence-electron chi connectivity index (χ0n) is 33.8. The lowest BCUT2D eigenvalue weighted by Gasteiger charge is -2.07. The van der Waals surface area contributed by atoms with Gasteiger partial charge >= 0.3 is 0 Å². The fraction of sp³-hybridized carbons (Fsp3) is 0.894. The van der Waals surface area contributed by atoms with E-state index in [4.69, 9.17) is 0 Å². The average molecular weight is 669 g/mol. The monoisotopic (exact) mass is 669 g/mol. The summed E-state index contributed by atoms with van der Waals surface area (Å²) in [5.74, 6) is 0. The van der Waals surface area contributed by atoms with E-state index in [0.29, 0.717) is 0 Å². The standard InChI is InChI=1S/C47H90N/c1-4-7-10-13-16-19-21-23-25-27-29-31-34-37-40-46-43-47(45-48(44-46)42-39-36-33-18-15-12-9-6-3)41-38-35-32-30-28-26-24-22-20-17-14-11-8-5-2/h43-45H,4-42H2,1-3H3/q+1. The van der Waals surface area contributed by atoms with Gasteiger partial charge in [-0.3, -0.25) is 0 Å². The van der Waals surface area contributed by atoms with Gasteiger partial charge in [-0.2, -0.15) is 0 Å². The largest absolute Gasteiger partial charge is 0.205 e. The molecule has 0 atom stereocenters. The van der Waals surface area contributed by atoms with Gasteiger partial charge in [0.15, 0.2) is 12.4 Å². The first-order chi connectivity index (χ1) is 23.8. The lowest BCUT2D eigenvalue weighted by atomic mass is 10.0. The van der Waals surface area contributed by atoms with Crippen molar-refractivity contribution in [2.24, 2.45) is 0 Å². The SMILES string of the molecule is CCCCCCCCCCCCCCCCc1cc(CCCCCCCCCCCCCCCC)c[n+](CCCCCCCCCC)c1. The predicted molar refractivity (Wildman–Crippen MR) is 217 cm³/mol. The van der Waals surface area contributed by atoms with Crippen LogP contribution in [-0.4, -0.2) is 0 Å². The Labute approximate surface area is 304 Å². The normalized spacial score (nSPS) is 11.6. The molecule has 0 saturated carbocycles. The molecule has 1 nitrogen and oxygen atoms in total. The third-order valence-corrected chi connectivity index (χ3v) is 10.9. The van der Waals surface area contributed by atoms with Crippen molar-refractivity contribution >= 4 is 0 Å². The van der Waals surface area contributed by atoms with Crippen LogP contribution < -0.4 is 4.57 Å². The quantitative estimate of drug-likeness (QED) is 0.0485. The second-order valence-corrected chi connectivity index (χ2v) is 16.0. The lowest BCUT2D eigenvalue weighted by molar-refractivity contribution is -0.698. The second-order valence-electron chi connectivity index (χ2n) is 16.0. The Morgan fingerprint density at radius 3 is 0.792 bits per heavy atom. The van der Waals surface area contributed by atoms with Crippen LogP contribution in [0, 0.1) is 0 Å². The number of rotatable bonds is 39. The van der Waals surface area contributed by atoms with Crippen molar-refractivity contribution in [1.29, 1.82) is 0 Å². The number of unbranched alkanes of at least 4 members (excludes halogenated alkanes) is 33. The fourth-order valence-corrected chi connectivity index (χ4v) is 7.65. The molecule has 1 heteroatoms. The first kappa shape index (κ1) is 45.2. The second kappa shape index (κ2) is 37.4. The smallest absolute Gasteiger partial charge is 0.171 e. The Bertz CT molecular complexity index is 703. The van der Waals surface area contributed by atoms with Crippen molar-refractivity contribution in [1.82, 2.24) is 0 Å². The fourth-order valence-electron chi connectivity index (χ4n) is 7.65. The Hall–Kier alpha value is -0.850. The van der Waals surface area contributed by atoms with Crippen LogP contribution in [0.5, 0.6) is 0 Å². The van der Waals surface area contributed by atoms with Gasteiger partial charge in [0.25, 0.3) is 0 Å². The summed E-state index contributed by atoms with van der Waals surface area (Å²) < 4.78 is 2.58. The van der Waals surface area contributed by atoms with Gasteiger partial charge < -0.3 is 0 Å². The van der Waals surface area contributed by atoms with Gasteiger partial charge in [0.05, 0.1) is 0 Å². The van der Waals surface area contributed by atoms with Crippen molar-refractivity contribution in [3.8, 4) is 0 Å². The zero-order chi connectivity index (χ0) is 34.4. The van der Waals surface area contributed by atoms with Gasteiger partial charge in [-0.1, -0.05) is 226 Å². The maximum absolute atomic E-state index is 2.58. The minimum Gasteiger partial charge on any atom is -0.205 e. The zero-order valence-corrected chi connectivity index (χ0v) is 33.8. The van der Waals surface area contributed by atoms with E-state index in [1.807, 2.05) is 0 Å². The van der Waals surface area contributed by atoms with Crippen LogP contribution in [0.25, 0.3) is 0 Å². The number of aromatic nitrogens is 1. The highest BCUT2D eigenvalue weighted by Gasteiger charge is 2.09. The van der Waals surface area contributed by atoms with Crippen LogP contribution in [0.4, 0.5) is 0 Å². The van der Waals surface area contributed by atoms with Gasteiger partial charge in [-0.15, -0.1) is 0 Å². The van der Waals surface area contributed by atoms with E-state index in [9.17, 15) is 0 Å². The molecule has 0 radical (unpaired) electrons. The predicted octanol–water partition coefficient (Wildman–Crippen LogP) is 16.2. The van der Waals surface area contributed by atoms with E-state index in [1.165, 1.54) is 251 Å². The maximum Gasteiger partial charge on any atom is 0.171 e. The number of hydrogen-bond acceptors (Lipinski definition) is 0. The average Bonchev–Trinajstić information content (AvgIpc) is 3.09. The Morgan fingerprint density at radius 1 is 0.292 bits per heavy atom. The molecule has 0 saturated heterocycles. The topological polar surface area (TPSA) is 3.88 Å². The van der Waals surface area contributed by atoms with Crippen LogP contribution in [0.15, 0.2) is 18.5 Å². The summed E-state index contributed by atoms with van der Waals surface area (Å²) >= 11 is 0. The van der Waals surface area contributed by atoms with Gasteiger partial charge in [-0.05, 0) is 38.2 Å². The van der Waals surface area contributed by atoms with Crippen LogP contribution in [0.3, 0.4) is 0 Å². The highest BCUT2D eigenvalue weighted by Crippen LogP contribution is 2.17. The molecular weight excluding hydrogens is 579 g/mol. The summed E-state index contributed by atoms with van der Waals surface area (Å²) in [5, 5.41) is 0. The molecule has 0 N–H and O–H groups in total. The van der Waals surface area contributed by atoms with E-state index in [-0.39, 0.29) is 0 Å². The minimum atomic E-state index is 1.22. The van der Waals surface area contributed by atoms with E-state index < -0.39 is 0 Å². The van der Waals surface area contributed by atoms with E-state index in [2.05, 4.69) is 43.8 Å². The van der Waals surface area contributed by atoms with Crippen molar-refractivity contribution in [3.05, 3.63) is 29.6 Å². The third kappa shape index (κ3) is 31.2. The first-order valence-electron chi connectivity index (χ1n) is 22.8. The molecule has 0 aromatic carbocycles. The van der Waals surface area contributed by atoms with Crippen molar-refractivity contribution in [2.45, 2.75) is 271 Å². The molecule has 282 valence electrons. The van der Waals surface area contributed by atoms with Crippen LogP contribution in [0.2, 0.25) is 0 Å². The molecule has 1 aromatic heterocycles. The summed E-state index contributed by atoms with van der Waals surface area (Å²) in [7, 11) is 0. The number of aryl methyl sites for hydroxylation is 3. The molecule has 1 heterocycles. The molecule has 0 aliphatic heterocycles. The van der Waals surface area contributed by atoms with E-state index in [0.717, 1.165) is 0 Å². The molecule has 0 fully saturated rings. The Kier molecular flexibility index (Phi) is 35.2. The lowest BCUT2D eigenvalue weighted by Crippen LogP contribution is -2.34. The molecule has 0 unspecified atom stereocenters. The molecular formula is C47H90N+. The Balaban J connectivity index is 2.27. The summed E-state index contributed by atoms with van der Waals surface area (Å²) in [4.78, 5) is 0. The molecule has 0 amide bonds. The van der Waals surface area contributed by atoms with Crippen LogP contribution >= 0.6 is 0 Å². The molecule has 1 aromatic rings. The molecule has 0 spiro atoms. The summed E-state index contributed by atoms with van der Waals surface area (Å²) in [6, 6.07) is 2.58. The third-order valence-electron chi connectivity index (χ3n) is 10.9.